The van der Waals surface area contributed by atoms with Crippen LogP contribution in [-0.4, -0.2) is 24.0 Å². The molecule has 1 fully saturated rings. The smallest absolute Gasteiger partial charge is 0.305 e. The predicted octanol–water partition coefficient (Wildman–Crippen LogP) is 7.42. The second-order valence-electron chi connectivity index (χ2n) is 8.80. The molecule has 0 atom stereocenters. The maximum absolute atomic E-state index is 13.9. The summed E-state index contributed by atoms with van der Waals surface area (Å²) < 4.78 is 25.9. The molecule has 0 amide bonds. The molecule has 5 heteroatoms. The zero-order valence-electron chi connectivity index (χ0n) is 18.7. The molecule has 0 aromatic rings. The highest BCUT2D eigenvalue weighted by molar-refractivity contribution is 7.55. The van der Waals surface area contributed by atoms with Gasteiger partial charge in [-0.2, -0.15) is 0 Å². The molecule has 0 unspecified atom stereocenters. The van der Waals surface area contributed by atoms with E-state index in [1.165, 1.54) is 51.4 Å². The van der Waals surface area contributed by atoms with Gasteiger partial charge in [0.1, 0.15) is 5.28 Å². The minimum Gasteiger partial charge on any atom is -0.305 e. The summed E-state index contributed by atoms with van der Waals surface area (Å²) >= 11 is 0. The summed E-state index contributed by atoms with van der Waals surface area (Å²) in [5.41, 5.74) is 0. The zero-order valence-corrected chi connectivity index (χ0v) is 19.6. The molecule has 0 aromatic heterocycles. The minimum atomic E-state index is -3.22. The Labute approximate surface area is 169 Å². The first-order valence-corrected chi connectivity index (χ1v) is 13.1. The van der Waals surface area contributed by atoms with Gasteiger partial charge < -0.3 is 14.4 Å². The summed E-state index contributed by atoms with van der Waals surface area (Å²) in [6.45, 7) is 11.0. The summed E-state index contributed by atoms with van der Waals surface area (Å²) in [5, 5.41) is 3.19. The summed E-state index contributed by atoms with van der Waals surface area (Å²) in [5.74, 6) is 0. The van der Waals surface area contributed by atoms with Crippen LogP contribution in [0.25, 0.3) is 0 Å². The van der Waals surface area contributed by atoms with Gasteiger partial charge in [0, 0.05) is 0 Å². The van der Waals surface area contributed by atoms with Crippen molar-refractivity contribution in [2.45, 2.75) is 136 Å². The van der Waals surface area contributed by atoms with E-state index in [-0.39, 0.29) is 12.2 Å². The first-order valence-electron chi connectivity index (χ1n) is 11.6. The van der Waals surface area contributed by atoms with E-state index in [0.29, 0.717) is 0 Å². The Morgan fingerprint density at radius 3 is 1.78 bits per heavy atom. The van der Waals surface area contributed by atoms with E-state index in [0.717, 1.165) is 38.6 Å². The third kappa shape index (κ3) is 8.98. The third-order valence-corrected chi connectivity index (χ3v) is 8.44. The summed E-state index contributed by atoms with van der Waals surface area (Å²) in [4.78, 5) is 0. The maximum Gasteiger partial charge on any atom is 0.351 e. The number of hydrogen-bond donors (Lipinski definition) is 1. The fourth-order valence-electron chi connectivity index (χ4n) is 4.05. The van der Waals surface area contributed by atoms with Crippen molar-refractivity contribution in [2.75, 3.05) is 6.54 Å². The van der Waals surface area contributed by atoms with Crippen LogP contribution >= 0.6 is 7.60 Å². The van der Waals surface area contributed by atoms with E-state index in [1.54, 1.807) is 0 Å². The Morgan fingerprint density at radius 2 is 1.30 bits per heavy atom. The molecule has 1 rings (SSSR count). The number of rotatable bonds is 15. The van der Waals surface area contributed by atoms with Crippen molar-refractivity contribution < 1.29 is 13.6 Å². The van der Waals surface area contributed by atoms with Crippen LogP contribution in [0.2, 0.25) is 0 Å². The monoisotopic (exact) mass is 403 g/mol. The van der Waals surface area contributed by atoms with Crippen LogP contribution in [0.5, 0.6) is 0 Å². The highest BCUT2D eigenvalue weighted by Crippen LogP contribution is 2.65. The van der Waals surface area contributed by atoms with E-state index >= 15 is 0 Å². The fourth-order valence-corrected chi connectivity index (χ4v) is 6.78. The zero-order chi connectivity index (χ0) is 20.2. The van der Waals surface area contributed by atoms with Gasteiger partial charge >= 0.3 is 7.60 Å². The second-order valence-corrected chi connectivity index (χ2v) is 11.1. The normalized spacial score (nSPS) is 17.7. The molecule has 162 valence electrons. The molecular weight excluding hydrogens is 357 g/mol. The van der Waals surface area contributed by atoms with E-state index in [9.17, 15) is 4.57 Å². The highest BCUT2D eigenvalue weighted by atomic mass is 31.2. The van der Waals surface area contributed by atoms with Crippen LogP contribution < -0.4 is 5.32 Å². The van der Waals surface area contributed by atoms with Crippen molar-refractivity contribution in [3.05, 3.63) is 0 Å². The van der Waals surface area contributed by atoms with Gasteiger partial charge in [-0.1, -0.05) is 71.1 Å². The molecule has 1 saturated carbocycles. The Morgan fingerprint density at radius 1 is 0.815 bits per heavy atom. The van der Waals surface area contributed by atoms with Crippen molar-refractivity contribution in [3.8, 4) is 0 Å². The van der Waals surface area contributed by atoms with Gasteiger partial charge in [0.25, 0.3) is 0 Å². The number of hydrogen-bond acceptors (Lipinski definition) is 4. The average molecular weight is 404 g/mol. The van der Waals surface area contributed by atoms with Crippen molar-refractivity contribution in [1.29, 1.82) is 0 Å². The molecule has 1 aliphatic rings. The molecular formula is C22H46NO3P. The fraction of sp³-hybridized carbons (Fsp3) is 1.00. The third-order valence-electron chi connectivity index (χ3n) is 5.39. The predicted molar refractivity (Wildman–Crippen MR) is 116 cm³/mol. The van der Waals surface area contributed by atoms with Crippen LogP contribution in [0, 0.1) is 0 Å². The highest BCUT2D eigenvalue weighted by Gasteiger charge is 2.52. The Kier molecular flexibility index (Phi) is 12.4. The van der Waals surface area contributed by atoms with Crippen LogP contribution in [0.3, 0.4) is 0 Å². The first kappa shape index (κ1) is 25.1. The van der Waals surface area contributed by atoms with Crippen molar-refractivity contribution >= 4 is 7.60 Å². The standard InChI is InChI=1S/C22H46NO3P/c1-6-7-8-9-10-11-12-16-19-23-22(17-14-13-15-18-22)27(24,25-20(2)3)26-21(4)5/h20-21,23H,6-19H2,1-5H3. The van der Waals surface area contributed by atoms with Gasteiger partial charge in [-0.25, -0.2) is 0 Å². The Bertz CT molecular complexity index is 406. The summed E-state index contributed by atoms with van der Waals surface area (Å²) in [7, 11) is -3.22. The molecule has 0 spiro atoms. The average Bonchev–Trinajstić information content (AvgIpc) is 2.59. The number of nitrogens with one attached hydrogen (secondary N) is 1. The molecule has 1 N–H and O–H groups in total. The first-order chi connectivity index (χ1) is 12.9. The maximum atomic E-state index is 13.9. The van der Waals surface area contributed by atoms with E-state index in [2.05, 4.69) is 12.2 Å². The van der Waals surface area contributed by atoms with Gasteiger partial charge in [-0.3, -0.25) is 4.57 Å². The molecule has 0 saturated heterocycles. The van der Waals surface area contributed by atoms with E-state index in [4.69, 9.17) is 9.05 Å². The molecule has 4 nitrogen and oxygen atoms in total. The van der Waals surface area contributed by atoms with Crippen LogP contribution in [-0.2, 0) is 13.6 Å². The van der Waals surface area contributed by atoms with Crippen LogP contribution in [0.4, 0.5) is 0 Å². The van der Waals surface area contributed by atoms with Crippen LogP contribution in [0.1, 0.15) is 118 Å². The summed E-state index contributed by atoms with van der Waals surface area (Å²) in [6.07, 6.45) is 15.4. The quantitative estimate of drug-likeness (QED) is 0.228. The largest absolute Gasteiger partial charge is 0.351 e. The van der Waals surface area contributed by atoms with Crippen molar-refractivity contribution in [2.24, 2.45) is 0 Å². The van der Waals surface area contributed by atoms with Gasteiger partial charge in [-0.15, -0.1) is 0 Å². The van der Waals surface area contributed by atoms with Crippen molar-refractivity contribution in [1.82, 2.24) is 5.32 Å². The van der Waals surface area contributed by atoms with E-state index < -0.39 is 12.9 Å². The van der Waals surface area contributed by atoms with Gasteiger partial charge in [-0.05, 0) is 53.5 Å². The lowest BCUT2D eigenvalue weighted by Gasteiger charge is -2.43. The molecule has 0 heterocycles. The summed E-state index contributed by atoms with van der Waals surface area (Å²) in [6, 6.07) is 0. The molecule has 0 aliphatic heterocycles. The minimum absolute atomic E-state index is 0.0988. The van der Waals surface area contributed by atoms with E-state index in [1.807, 2.05) is 27.7 Å². The lowest BCUT2D eigenvalue weighted by Crippen LogP contribution is -2.48. The molecule has 27 heavy (non-hydrogen) atoms. The topological polar surface area (TPSA) is 47.6 Å². The Hall–Kier alpha value is 0.110. The van der Waals surface area contributed by atoms with Crippen molar-refractivity contribution in [3.63, 3.8) is 0 Å². The Balaban J connectivity index is 2.58. The lowest BCUT2D eigenvalue weighted by atomic mass is 9.94. The van der Waals surface area contributed by atoms with Gasteiger partial charge in [0.2, 0.25) is 0 Å². The van der Waals surface area contributed by atoms with Gasteiger partial charge in [0.05, 0.1) is 12.2 Å². The SMILES string of the molecule is CCCCCCCCCCNC1(P(=O)(OC(C)C)OC(C)C)CCCCC1. The van der Waals surface area contributed by atoms with Crippen LogP contribution in [0.15, 0.2) is 0 Å². The molecule has 1 aliphatic carbocycles. The molecule has 0 aromatic carbocycles. The lowest BCUT2D eigenvalue weighted by molar-refractivity contribution is 0.109. The second kappa shape index (κ2) is 13.4. The number of unbranched alkanes of at least 4 members (excludes halogenated alkanes) is 7. The molecule has 0 radical (unpaired) electrons. The van der Waals surface area contributed by atoms with Gasteiger partial charge in [0.15, 0.2) is 0 Å². The molecule has 0 bridgehead atoms.